The van der Waals surface area contributed by atoms with Crippen molar-refractivity contribution in [2.45, 2.75) is 0 Å². The van der Waals surface area contributed by atoms with E-state index in [1.165, 1.54) is 6.07 Å². The number of nitrogens with one attached hydrogen (secondary N) is 2. The van der Waals surface area contributed by atoms with Gasteiger partial charge < -0.3 is 20.9 Å². The van der Waals surface area contributed by atoms with Crippen molar-refractivity contribution in [1.29, 1.82) is 0 Å². The monoisotopic (exact) mass is 356 g/mol. The highest BCUT2D eigenvalue weighted by atomic mass is 35.5. The lowest BCUT2D eigenvalue weighted by Crippen LogP contribution is -2.19. The first-order valence-corrected chi connectivity index (χ1v) is 7.59. The Morgan fingerprint density at radius 2 is 1.68 bits per heavy atom. The van der Waals surface area contributed by atoms with Crippen LogP contribution in [0.5, 0.6) is 0 Å². The molecule has 3 aromatic rings. The van der Waals surface area contributed by atoms with Crippen LogP contribution in [0.15, 0.2) is 59.1 Å². The van der Waals surface area contributed by atoms with E-state index in [1.54, 1.807) is 48.5 Å². The number of nitrogens with zero attached hydrogens (tertiary/aromatic N) is 1. The van der Waals surface area contributed by atoms with Crippen molar-refractivity contribution in [2.24, 2.45) is 5.73 Å². The Balaban J connectivity index is 1.70. The molecule has 0 saturated carbocycles. The fourth-order valence-corrected chi connectivity index (χ4v) is 2.32. The quantitative estimate of drug-likeness (QED) is 0.661. The third-order valence-corrected chi connectivity index (χ3v) is 3.50. The smallest absolute Gasteiger partial charge is 0.316 e. The molecular weight excluding hydrogens is 344 g/mol. The summed E-state index contributed by atoms with van der Waals surface area (Å²) in [4.78, 5) is 23.0. The molecule has 0 atom stereocenters. The van der Waals surface area contributed by atoms with Crippen LogP contribution in [0.2, 0.25) is 5.02 Å². The van der Waals surface area contributed by atoms with Crippen LogP contribution in [-0.4, -0.2) is 17.1 Å². The van der Waals surface area contributed by atoms with Crippen molar-refractivity contribution in [1.82, 2.24) is 5.16 Å². The molecule has 1 aromatic heterocycles. The average Bonchev–Trinajstić information content (AvgIpc) is 3.06. The number of anilines is 2. The summed E-state index contributed by atoms with van der Waals surface area (Å²) in [5.74, 6) is 0.0151. The van der Waals surface area contributed by atoms with Crippen LogP contribution < -0.4 is 16.4 Å². The summed E-state index contributed by atoms with van der Waals surface area (Å²) < 4.78 is 5.20. The fraction of sp³-hybridized carbons (Fsp3) is 0. The second kappa shape index (κ2) is 7.06. The highest BCUT2D eigenvalue weighted by molar-refractivity contribution is 6.30. The Bertz CT molecular complexity index is 922. The highest BCUT2D eigenvalue weighted by Gasteiger charge is 2.14. The third kappa shape index (κ3) is 4.15. The van der Waals surface area contributed by atoms with Crippen LogP contribution in [-0.2, 0) is 0 Å². The number of nitrogens with two attached hydrogens (primary N) is 1. The fourth-order valence-electron chi connectivity index (χ4n) is 2.13. The molecule has 3 rings (SSSR count). The Labute approximate surface area is 147 Å². The van der Waals surface area contributed by atoms with E-state index in [0.717, 1.165) is 5.56 Å². The number of rotatable bonds is 4. The molecule has 0 saturated heterocycles. The molecule has 0 aliphatic rings. The average molecular weight is 357 g/mol. The van der Waals surface area contributed by atoms with E-state index in [2.05, 4.69) is 15.8 Å². The molecule has 0 unspecified atom stereocenters. The van der Waals surface area contributed by atoms with Gasteiger partial charge in [0.1, 0.15) is 0 Å². The molecule has 1 heterocycles. The molecule has 0 aliphatic carbocycles. The number of carbonyl (C=O) groups excluding carboxylic acids is 2. The molecular formula is C17H13ClN4O3. The van der Waals surface area contributed by atoms with E-state index in [-0.39, 0.29) is 5.69 Å². The minimum atomic E-state index is -0.659. The Hall–Kier alpha value is -3.32. The number of halogens is 1. The molecule has 3 amide bonds. The van der Waals surface area contributed by atoms with Gasteiger partial charge in [0.25, 0.3) is 5.91 Å². The molecule has 25 heavy (non-hydrogen) atoms. The van der Waals surface area contributed by atoms with Gasteiger partial charge in [-0.2, -0.15) is 0 Å². The molecule has 8 heteroatoms. The normalized spacial score (nSPS) is 10.3. The van der Waals surface area contributed by atoms with Gasteiger partial charge in [-0.1, -0.05) is 28.9 Å². The number of amides is 3. The summed E-state index contributed by atoms with van der Waals surface area (Å²) >= 11 is 5.94. The van der Waals surface area contributed by atoms with Crippen molar-refractivity contribution < 1.29 is 14.1 Å². The van der Waals surface area contributed by atoms with Gasteiger partial charge in [-0.25, -0.2) is 4.79 Å². The number of urea groups is 1. The molecule has 0 aliphatic heterocycles. The Morgan fingerprint density at radius 1 is 1.00 bits per heavy atom. The minimum absolute atomic E-state index is 0.134. The zero-order chi connectivity index (χ0) is 17.8. The van der Waals surface area contributed by atoms with Crippen LogP contribution in [0.25, 0.3) is 11.3 Å². The summed E-state index contributed by atoms with van der Waals surface area (Å²) in [6.07, 6.45) is 0. The van der Waals surface area contributed by atoms with Crippen molar-refractivity contribution in [3.63, 3.8) is 0 Å². The molecule has 2 aromatic carbocycles. The van der Waals surface area contributed by atoms with E-state index in [9.17, 15) is 9.59 Å². The predicted octanol–water partition coefficient (Wildman–Crippen LogP) is 3.74. The molecule has 0 fully saturated rings. The van der Waals surface area contributed by atoms with Gasteiger partial charge in [0, 0.05) is 28.0 Å². The number of hydrogen-bond donors (Lipinski definition) is 3. The second-order valence-corrected chi connectivity index (χ2v) is 5.54. The van der Waals surface area contributed by atoms with Gasteiger partial charge in [-0.05, 0) is 36.4 Å². The van der Waals surface area contributed by atoms with Crippen LogP contribution in [0.4, 0.5) is 16.2 Å². The maximum Gasteiger partial charge on any atom is 0.316 e. The van der Waals surface area contributed by atoms with Gasteiger partial charge in [-0.15, -0.1) is 0 Å². The Morgan fingerprint density at radius 3 is 2.32 bits per heavy atom. The minimum Gasteiger partial charge on any atom is -0.355 e. The van der Waals surface area contributed by atoms with Crippen molar-refractivity contribution in [2.75, 3.05) is 10.6 Å². The first-order chi connectivity index (χ1) is 12.0. The van der Waals surface area contributed by atoms with Crippen LogP contribution in [0.3, 0.4) is 0 Å². The standard InChI is InChI=1S/C17H13ClN4O3/c18-11-3-1-2-10(8-11)15-9-14(22-25-15)16(23)20-12-4-6-13(7-5-12)21-17(19)24/h1-9H,(H,20,23)(H3,19,21,24). The first-order valence-electron chi connectivity index (χ1n) is 7.22. The number of aromatic nitrogens is 1. The van der Waals surface area contributed by atoms with Crippen LogP contribution >= 0.6 is 11.6 Å². The molecule has 7 nitrogen and oxygen atoms in total. The van der Waals surface area contributed by atoms with Gasteiger partial charge in [0.15, 0.2) is 11.5 Å². The van der Waals surface area contributed by atoms with E-state index >= 15 is 0 Å². The van der Waals surface area contributed by atoms with Crippen LogP contribution in [0.1, 0.15) is 10.5 Å². The first kappa shape index (κ1) is 16.5. The van der Waals surface area contributed by atoms with Gasteiger partial charge >= 0.3 is 6.03 Å². The maximum atomic E-state index is 12.2. The Kier molecular flexibility index (Phi) is 4.67. The summed E-state index contributed by atoms with van der Waals surface area (Å²) in [6, 6.07) is 14.4. The topological polar surface area (TPSA) is 110 Å². The number of primary amides is 1. The maximum absolute atomic E-state index is 12.2. The van der Waals surface area contributed by atoms with Crippen molar-refractivity contribution in [3.05, 3.63) is 65.3 Å². The molecule has 126 valence electrons. The van der Waals surface area contributed by atoms with Crippen LogP contribution in [0, 0.1) is 0 Å². The lowest BCUT2D eigenvalue weighted by molar-refractivity contribution is 0.101. The number of carbonyl (C=O) groups is 2. The summed E-state index contributed by atoms with van der Waals surface area (Å²) in [7, 11) is 0. The van der Waals surface area contributed by atoms with E-state index in [4.69, 9.17) is 21.9 Å². The second-order valence-electron chi connectivity index (χ2n) is 5.11. The van der Waals surface area contributed by atoms with Gasteiger partial charge in [0.2, 0.25) is 0 Å². The molecule has 4 N–H and O–H groups in total. The van der Waals surface area contributed by atoms with E-state index < -0.39 is 11.9 Å². The van der Waals surface area contributed by atoms with E-state index in [0.29, 0.717) is 22.2 Å². The highest BCUT2D eigenvalue weighted by Crippen LogP contribution is 2.24. The number of benzene rings is 2. The largest absolute Gasteiger partial charge is 0.355 e. The lowest BCUT2D eigenvalue weighted by Gasteiger charge is -2.05. The molecule has 0 radical (unpaired) electrons. The third-order valence-electron chi connectivity index (χ3n) is 3.26. The summed E-state index contributed by atoms with van der Waals surface area (Å²) in [5.41, 5.74) is 6.95. The van der Waals surface area contributed by atoms with Gasteiger partial charge in [-0.3, -0.25) is 4.79 Å². The molecule has 0 bridgehead atoms. The zero-order valence-corrected chi connectivity index (χ0v) is 13.6. The lowest BCUT2D eigenvalue weighted by atomic mass is 10.1. The van der Waals surface area contributed by atoms with E-state index in [1.807, 2.05) is 0 Å². The summed E-state index contributed by atoms with van der Waals surface area (Å²) in [6.45, 7) is 0. The van der Waals surface area contributed by atoms with Crippen molar-refractivity contribution >= 4 is 34.9 Å². The van der Waals surface area contributed by atoms with Gasteiger partial charge in [0.05, 0.1) is 0 Å². The summed E-state index contributed by atoms with van der Waals surface area (Å²) in [5, 5.41) is 9.45. The SMILES string of the molecule is NC(=O)Nc1ccc(NC(=O)c2cc(-c3cccc(Cl)c3)on2)cc1. The molecule has 0 spiro atoms. The van der Waals surface area contributed by atoms with Crippen molar-refractivity contribution in [3.8, 4) is 11.3 Å². The number of hydrogen-bond acceptors (Lipinski definition) is 4. The zero-order valence-electron chi connectivity index (χ0n) is 12.8. The predicted molar refractivity (Wildman–Crippen MR) is 94.6 cm³/mol.